The molecule has 1 heterocycles. The summed E-state index contributed by atoms with van der Waals surface area (Å²) in [4.78, 5) is 36.3. The van der Waals surface area contributed by atoms with Crippen molar-refractivity contribution in [1.82, 2.24) is 10.3 Å². The number of hydrogen-bond acceptors (Lipinski definition) is 3. The molecular formula is C14H14N2O5. The van der Waals surface area contributed by atoms with Crippen molar-refractivity contribution in [3.8, 4) is 0 Å². The zero-order valence-corrected chi connectivity index (χ0v) is 11.0. The highest BCUT2D eigenvalue weighted by Crippen LogP contribution is 2.18. The van der Waals surface area contributed by atoms with Crippen LogP contribution in [0.3, 0.4) is 0 Å². The molecule has 1 aromatic carbocycles. The number of aromatic nitrogens is 1. The number of carbonyl (C=O) groups is 3. The van der Waals surface area contributed by atoms with Gasteiger partial charge in [0.1, 0.15) is 6.04 Å². The van der Waals surface area contributed by atoms with Crippen LogP contribution in [0.4, 0.5) is 0 Å². The molecule has 0 bridgehead atoms. The quantitative estimate of drug-likeness (QED) is 0.626. The number of para-hydroxylation sites is 1. The zero-order chi connectivity index (χ0) is 15.4. The van der Waals surface area contributed by atoms with Crippen molar-refractivity contribution in [2.45, 2.75) is 18.9 Å². The van der Waals surface area contributed by atoms with E-state index in [0.717, 1.165) is 16.5 Å². The number of rotatable bonds is 6. The molecule has 2 aromatic rings. The van der Waals surface area contributed by atoms with Gasteiger partial charge in [0.05, 0.1) is 12.8 Å². The maximum Gasteiger partial charge on any atom is 0.326 e. The topological polar surface area (TPSA) is 119 Å². The van der Waals surface area contributed by atoms with E-state index in [2.05, 4.69) is 10.3 Å². The second-order valence-electron chi connectivity index (χ2n) is 4.59. The summed E-state index contributed by atoms with van der Waals surface area (Å²) in [6.07, 6.45) is 1.000. The lowest BCUT2D eigenvalue weighted by molar-refractivity contribution is -0.147. The van der Waals surface area contributed by atoms with E-state index in [1.807, 2.05) is 24.3 Å². The van der Waals surface area contributed by atoms with Crippen LogP contribution in [0.2, 0.25) is 0 Å². The maximum absolute atomic E-state index is 11.9. The number of aromatic amines is 1. The number of H-pyrrole nitrogens is 1. The van der Waals surface area contributed by atoms with E-state index in [4.69, 9.17) is 10.2 Å². The molecule has 0 aliphatic rings. The molecule has 7 heteroatoms. The standard InChI is InChI=1S/C14H14N2O5/c17-12(16-11(14(20)21)6-13(18)19)5-8-7-15-10-4-2-1-3-9(8)10/h1-4,7,11,15H,5-6H2,(H,16,17)(H,18,19)(H,20,21)/t11-/m1/s1. The molecule has 0 saturated carbocycles. The van der Waals surface area contributed by atoms with Crippen molar-refractivity contribution in [3.63, 3.8) is 0 Å². The number of benzene rings is 1. The van der Waals surface area contributed by atoms with Crippen LogP contribution < -0.4 is 5.32 Å². The van der Waals surface area contributed by atoms with Crippen molar-refractivity contribution in [1.29, 1.82) is 0 Å². The molecule has 1 amide bonds. The van der Waals surface area contributed by atoms with Gasteiger partial charge in [0, 0.05) is 17.1 Å². The number of aliphatic carboxylic acids is 2. The Morgan fingerprint density at radius 2 is 1.90 bits per heavy atom. The molecule has 0 radical (unpaired) electrons. The summed E-state index contributed by atoms with van der Waals surface area (Å²) in [6.45, 7) is 0. The molecule has 1 atom stereocenters. The summed E-state index contributed by atoms with van der Waals surface area (Å²) >= 11 is 0. The third-order valence-electron chi connectivity index (χ3n) is 3.04. The molecule has 0 unspecified atom stereocenters. The van der Waals surface area contributed by atoms with E-state index in [0.29, 0.717) is 0 Å². The van der Waals surface area contributed by atoms with Gasteiger partial charge in [-0.05, 0) is 11.6 Å². The van der Waals surface area contributed by atoms with Crippen LogP contribution in [-0.4, -0.2) is 39.1 Å². The first-order chi connectivity index (χ1) is 9.97. The summed E-state index contributed by atoms with van der Waals surface area (Å²) in [5.74, 6) is -3.19. The van der Waals surface area contributed by atoms with Crippen molar-refractivity contribution >= 4 is 28.7 Å². The Kier molecular flexibility index (Phi) is 4.22. The summed E-state index contributed by atoms with van der Waals surface area (Å²) in [5.41, 5.74) is 1.60. The molecule has 0 aliphatic heterocycles. The monoisotopic (exact) mass is 290 g/mol. The summed E-state index contributed by atoms with van der Waals surface area (Å²) in [7, 11) is 0. The van der Waals surface area contributed by atoms with Crippen molar-refractivity contribution in [2.24, 2.45) is 0 Å². The first kappa shape index (κ1) is 14.6. The SMILES string of the molecule is O=C(O)C[C@@H](NC(=O)Cc1c[nH]c2ccccc12)C(=O)O. The number of carboxylic acid groups (broad SMARTS) is 2. The fraction of sp³-hybridized carbons (Fsp3) is 0.214. The number of carboxylic acids is 2. The highest BCUT2D eigenvalue weighted by Gasteiger charge is 2.23. The van der Waals surface area contributed by atoms with Crippen LogP contribution in [0.15, 0.2) is 30.5 Å². The first-order valence-electron chi connectivity index (χ1n) is 6.26. The minimum absolute atomic E-state index is 0.0204. The molecule has 110 valence electrons. The van der Waals surface area contributed by atoms with E-state index in [9.17, 15) is 14.4 Å². The Hall–Kier alpha value is -2.83. The van der Waals surface area contributed by atoms with Crippen LogP contribution in [-0.2, 0) is 20.8 Å². The molecule has 0 spiro atoms. The van der Waals surface area contributed by atoms with E-state index in [1.165, 1.54) is 0 Å². The van der Waals surface area contributed by atoms with Gasteiger partial charge in [-0.25, -0.2) is 4.79 Å². The molecule has 0 saturated heterocycles. The number of hydrogen-bond donors (Lipinski definition) is 4. The Balaban J connectivity index is 2.07. The average molecular weight is 290 g/mol. The Bertz CT molecular complexity index is 691. The van der Waals surface area contributed by atoms with Crippen LogP contribution in [0.25, 0.3) is 10.9 Å². The van der Waals surface area contributed by atoms with Gasteiger partial charge in [0.2, 0.25) is 5.91 Å². The normalized spacial score (nSPS) is 12.0. The lowest BCUT2D eigenvalue weighted by atomic mass is 10.1. The van der Waals surface area contributed by atoms with Gasteiger partial charge in [0.15, 0.2) is 0 Å². The van der Waals surface area contributed by atoms with Gasteiger partial charge in [-0.2, -0.15) is 0 Å². The Morgan fingerprint density at radius 1 is 1.19 bits per heavy atom. The van der Waals surface area contributed by atoms with Crippen LogP contribution in [0.1, 0.15) is 12.0 Å². The summed E-state index contributed by atoms with van der Waals surface area (Å²) in [5, 5.41) is 20.6. The fourth-order valence-electron chi connectivity index (χ4n) is 2.07. The van der Waals surface area contributed by atoms with E-state index < -0.39 is 30.3 Å². The smallest absolute Gasteiger partial charge is 0.326 e. The van der Waals surface area contributed by atoms with Gasteiger partial charge in [-0.1, -0.05) is 18.2 Å². The predicted molar refractivity (Wildman–Crippen MR) is 73.8 cm³/mol. The molecule has 21 heavy (non-hydrogen) atoms. The van der Waals surface area contributed by atoms with E-state index >= 15 is 0 Å². The Labute approximate surface area is 119 Å². The third kappa shape index (κ3) is 3.59. The number of carbonyl (C=O) groups excluding carboxylic acids is 1. The molecule has 4 N–H and O–H groups in total. The highest BCUT2D eigenvalue weighted by molar-refractivity contribution is 5.91. The number of nitrogens with one attached hydrogen (secondary N) is 2. The van der Waals surface area contributed by atoms with Crippen molar-refractivity contribution < 1.29 is 24.6 Å². The molecule has 7 nitrogen and oxygen atoms in total. The molecule has 1 aromatic heterocycles. The van der Waals surface area contributed by atoms with Crippen LogP contribution in [0.5, 0.6) is 0 Å². The molecule has 0 aliphatic carbocycles. The van der Waals surface area contributed by atoms with Gasteiger partial charge in [-0.15, -0.1) is 0 Å². The predicted octanol–water partition coefficient (Wildman–Crippen LogP) is 0.754. The molecule has 0 fully saturated rings. The largest absolute Gasteiger partial charge is 0.481 e. The first-order valence-corrected chi connectivity index (χ1v) is 6.26. The second-order valence-corrected chi connectivity index (χ2v) is 4.59. The average Bonchev–Trinajstić information content (AvgIpc) is 2.81. The number of fused-ring (bicyclic) bond motifs is 1. The minimum atomic E-state index is -1.43. The van der Waals surface area contributed by atoms with Gasteiger partial charge in [-0.3, -0.25) is 9.59 Å². The molecular weight excluding hydrogens is 276 g/mol. The zero-order valence-electron chi connectivity index (χ0n) is 11.0. The lowest BCUT2D eigenvalue weighted by Crippen LogP contribution is -2.42. The fourth-order valence-corrected chi connectivity index (χ4v) is 2.07. The van der Waals surface area contributed by atoms with Gasteiger partial charge < -0.3 is 20.5 Å². The summed E-state index contributed by atoms with van der Waals surface area (Å²) < 4.78 is 0. The maximum atomic E-state index is 11.9. The summed E-state index contributed by atoms with van der Waals surface area (Å²) in [6, 6.07) is 5.97. The number of amides is 1. The third-order valence-corrected chi connectivity index (χ3v) is 3.04. The molecule has 2 rings (SSSR count). The Morgan fingerprint density at radius 3 is 2.57 bits per heavy atom. The van der Waals surface area contributed by atoms with E-state index in [1.54, 1.807) is 6.20 Å². The van der Waals surface area contributed by atoms with Gasteiger partial charge >= 0.3 is 11.9 Å². The minimum Gasteiger partial charge on any atom is -0.481 e. The lowest BCUT2D eigenvalue weighted by Gasteiger charge is -2.12. The highest BCUT2D eigenvalue weighted by atomic mass is 16.4. The van der Waals surface area contributed by atoms with Crippen molar-refractivity contribution in [2.75, 3.05) is 0 Å². The van der Waals surface area contributed by atoms with Crippen LogP contribution in [0, 0.1) is 0 Å². The second kappa shape index (κ2) is 6.08. The van der Waals surface area contributed by atoms with E-state index in [-0.39, 0.29) is 6.42 Å². The van der Waals surface area contributed by atoms with Gasteiger partial charge in [0.25, 0.3) is 0 Å². The van der Waals surface area contributed by atoms with Crippen LogP contribution >= 0.6 is 0 Å². The van der Waals surface area contributed by atoms with Crippen molar-refractivity contribution in [3.05, 3.63) is 36.0 Å².